The maximum atomic E-state index is 15.7. The molecule has 558 valence electrons. The summed E-state index contributed by atoms with van der Waals surface area (Å²) in [5.41, 5.74) is 5.87. The minimum atomic E-state index is -0.916. The molecule has 2 saturated heterocycles. The van der Waals surface area contributed by atoms with Gasteiger partial charge in [0.2, 0.25) is 5.91 Å². The number of unbranched alkanes of at least 4 members (excludes halogenated alkanes) is 20. The SMILES string of the molecule is CCCCCCCCCCCCCC(=O)O[C@H](CCCCCC)CCCCCCCCCCC(=O)N(C[C@H]1O[C@H](OC)[C@H](OCc2ccccc2)[C@@H](OCc2ccccc2)[C@@H]1OCc1ccccc1)C[C@H]1O[C@H](OC)[C@H](OCc2ccccc2)[C@@H](OCc2ccccc2)[C@@H]1OCc1ccccc1. The molecule has 2 aliphatic rings. The van der Waals surface area contributed by atoms with E-state index in [4.69, 9.17) is 52.1 Å². The molecule has 0 aromatic heterocycles. The molecule has 14 nitrogen and oxygen atoms in total. The van der Waals surface area contributed by atoms with Gasteiger partial charge in [0.25, 0.3) is 0 Å². The summed E-state index contributed by atoms with van der Waals surface area (Å²) in [5, 5.41) is 0. The van der Waals surface area contributed by atoms with E-state index in [0.29, 0.717) is 12.8 Å². The van der Waals surface area contributed by atoms with Crippen LogP contribution in [0.2, 0.25) is 0 Å². The Balaban J connectivity index is 0.990. The number of carbonyl (C=O) groups is 2. The maximum absolute atomic E-state index is 15.7. The molecule has 6 aromatic carbocycles. The Kier molecular flexibility index (Phi) is 39.6. The van der Waals surface area contributed by atoms with Crippen LogP contribution in [0.15, 0.2) is 182 Å². The van der Waals surface area contributed by atoms with E-state index in [-0.39, 0.29) is 77.1 Å². The normalized spacial score (nSPS) is 20.8. The van der Waals surface area contributed by atoms with Gasteiger partial charge in [0.1, 0.15) is 54.9 Å². The second-order valence-electron chi connectivity index (χ2n) is 28.0. The van der Waals surface area contributed by atoms with E-state index in [1.807, 2.05) is 187 Å². The van der Waals surface area contributed by atoms with Crippen LogP contribution in [0.25, 0.3) is 0 Å². The number of carbonyl (C=O) groups excluding carboxylic acids is 2. The zero-order valence-corrected chi connectivity index (χ0v) is 62.2. The fourth-order valence-corrected chi connectivity index (χ4v) is 14.0. The van der Waals surface area contributed by atoms with Crippen LogP contribution >= 0.6 is 0 Å². The lowest BCUT2D eigenvalue weighted by molar-refractivity contribution is -0.324. The smallest absolute Gasteiger partial charge is 0.306 e. The number of nitrogens with zero attached hydrogens (tertiary/aromatic N) is 1. The van der Waals surface area contributed by atoms with Crippen molar-refractivity contribution in [2.75, 3.05) is 27.3 Å². The lowest BCUT2D eigenvalue weighted by Gasteiger charge is -2.48. The molecule has 0 aliphatic carbocycles. The number of amides is 1. The second kappa shape index (κ2) is 49.6. The molecule has 0 saturated carbocycles. The summed E-state index contributed by atoms with van der Waals surface area (Å²) in [4.78, 5) is 30.7. The molecular weight excluding hydrogens is 1280 g/mol. The highest BCUT2D eigenvalue weighted by molar-refractivity contribution is 5.76. The minimum Gasteiger partial charge on any atom is -0.462 e. The molecule has 0 radical (unpaired) electrons. The molecule has 14 heteroatoms. The van der Waals surface area contributed by atoms with Gasteiger partial charge in [-0.05, 0) is 71.9 Å². The van der Waals surface area contributed by atoms with Crippen LogP contribution in [0.5, 0.6) is 0 Å². The van der Waals surface area contributed by atoms with Crippen LogP contribution in [-0.2, 0) is 101 Å². The number of methoxy groups -OCH3 is 2. The molecule has 0 bridgehead atoms. The molecule has 8 rings (SSSR count). The van der Waals surface area contributed by atoms with Crippen molar-refractivity contribution >= 4 is 11.9 Å². The molecule has 1 amide bonds. The fourth-order valence-electron chi connectivity index (χ4n) is 14.0. The van der Waals surface area contributed by atoms with E-state index >= 15 is 4.79 Å². The zero-order valence-electron chi connectivity index (χ0n) is 62.2. The lowest BCUT2D eigenvalue weighted by atomic mass is 9.95. The summed E-state index contributed by atoms with van der Waals surface area (Å²) < 4.78 is 75.2. The first kappa shape index (κ1) is 81.5. The summed E-state index contributed by atoms with van der Waals surface area (Å²) in [6.07, 6.45) is 21.5. The Bertz CT molecular complexity index is 2900. The molecule has 2 fully saturated rings. The van der Waals surface area contributed by atoms with Gasteiger partial charge in [-0.1, -0.05) is 318 Å². The van der Waals surface area contributed by atoms with E-state index in [1.54, 1.807) is 14.2 Å². The Morgan fingerprint density at radius 1 is 0.333 bits per heavy atom. The third-order valence-electron chi connectivity index (χ3n) is 19.8. The van der Waals surface area contributed by atoms with Gasteiger partial charge < -0.3 is 57.0 Å². The molecular formula is C88H123NO13. The van der Waals surface area contributed by atoms with Gasteiger partial charge >= 0.3 is 5.97 Å². The summed E-state index contributed by atoms with van der Waals surface area (Å²) in [7, 11) is 3.24. The number of hydrogen-bond acceptors (Lipinski definition) is 13. The highest BCUT2D eigenvalue weighted by Gasteiger charge is 2.52. The van der Waals surface area contributed by atoms with Crippen LogP contribution in [0.1, 0.15) is 221 Å². The molecule has 6 aromatic rings. The number of benzene rings is 6. The topological polar surface area (TPSA) is 139 Å². The van der Waals surface area contributed by atoms with Gasteiger partial charge in [-0.2, -0.15) is 0 Å². The van der Waals surface area contributed by atoms with E-state index in [1.165, 1.54) is 77.0 Å². The predicted octanol–water partition coefficient (Wildman–Crippen LogP) is 19.6. The molecule has 0 unspecified atom stereocenters. The van der Waals surface area contributed by atoms with Crippen LogP contribution in [-0.4, -0.2) is 112 Å². The minimum absolute atomic E-state index is 0.00672. The van der Waals surface area contributed by atoms with E-state index in [0.717, 1.165) is 110 Å². The number of esters is 1. The van der Waals surface area contributed by atoms with E-state index < -0.39 is 61.4 Å². The number of ether oxygens (including phenoxy) is 11. The molecule has 0 N–H and O–H groups in total. The van der Waals surface area contributed by atoms with Crippen molar-refractivity contribution < 1.29 is 61.7 Å². The first-order valence-electron chi connectivity index (χ1n) is 39.1. The Morgan fingerprint density at radius 3 is 0.912 bits per heavy atom. The monoisotopic (exact) mass is 1400 g/mol. The van der Waals surface area contributed by atoms with Crippen LogP contribution in [0.3, 0.4) is 0 Å². The largest absolute Gasteiger partial charge is 0.462 e. The maximum Gasteiger partial charge on any atom is 0.306 e. The zero-order chi connectivity index (χ0) is 71.3. The van der Waals surface area contributed by atoms with Crippen molar-refractivity contribution in [1.29, 1.82) is 0 Å². The number of rotatable bonds is 53. The van der Waals surface area contributed by atoms with Gasteiger partial charge in [0.05, 0.1) is 39.6 Å². The lowest BCUT2D eigenvalue weighted by Crippen LogP contribution is -2.65. The average molecular weight is 1400 g/mol. The number of hydrogen-bond donors (Lipinski definition) is 0. The molecule has 2 heterocycles. The van der Waals surface area contributed by atoms with Crippen LogP contribution < -0.4 is 0 Å². The van der Waals surface area contributed by atoms with Gasteiger partial charge in [-0.3, -0.25) is 9.59 Å². The van der Waals surface area contributed by atoms with Gasteiger partial charge in [0, 0.05) is 40.2 Å². The van der Waals surface area contributed by atoms with Gasteiger partial charge in [-0.15, -0.1) is 0 Å². The van der Waals surface area contributed by atoms with Gasteiger partial charge in [0.15, 0.2) is 12.6 Å². The summed E-state index contributed by atoms with van der Waals surface area (Å²) in [6.45, 7) is 6.22. The predicted molar refractivity (Wildman–Crippen MR) is 404 cm³/mol. The Hall–Kier alpha value is -6.14. The van der Waals surface area contributed by atoms with E-state index in [2.05, 4.69) is 13.8 Å². The summed E-state index contributed by atoms with van der Waals surface area (Å²) in [5.74, 6) is -0.0792. The highest BCUT2D eigenvalue weighted by Crippen LogP contribution is 2.35. The molecule has 0 spiro atoms. The second-order valence-corrected chi connectivity index (χ2v) is 28.0. The third-order valence-corrected chi connectivity index (χ3v) is 19.8. The Labute approximate surface area is 612 Å². The van der Waals surface area contributed by atoms with Crippen molar-refractivity contribution in [3.05, 3.63) is 215 Å². The fraction of sp³-hybridized carbons (Fsp3) is 0.568. The van der Waals surface area contributed by atoms with Gasteiger partial charge in [-0.25, -0.2) is 0 Å². The van der Waals surface area contributed by atoms with Crippen molar-refractivity contribution in [3.8, 4) is 0 Å². The standard InChI is InChI=1S/C88H123NO13/c1-5-7-9-11-12-13-14-15-20-23-45-61-80(91)100-76(58-42-10-8-6-2)59-43-21-18-16-17-19-22-44-60-79(90)89(62-77-81(94-64-70-46-30-24-31-47-70)83(96-66-72-50-34-26-35-51-72)85(87(92-3)101-77)98-68-74-54-38-28-39-55-74)63-78-82(95-65-71-48-32-25-33-49-71)84(97-67-73-52-36-27-37-53-73)86(88(93-4)102-78)99-69-75-56-40-29-41-57-75/h24-41,46-57,76-78,81-88H,5-23,42-45,58-69H2,1-4H3/t76-,77-,78-,81-,82-,83+,84+,85-,86-,87+,88+/m1/s1. The van der Waals surface area contributed by atoms with Crippen molar-refractivity contribution in [2.45, 2.75) is 294 Å². The molecule has 2 aliphatic heterocycles. The van der Waals surface area contributed by atoms with E-state index in [9.17, 15) is 4.79 Å². The van der Waals surface area contributed by atoms with Crippen molar-refractivity contribution in [3.63, 3.8) is 0 Å². The summed E-state index contributed by atoms with van der Waals surface area (Å²) in [6, 6.07) is 60.4. The van der Waals surface area contributed by atoms with Crippen LogP contribution in [0.4, 0.5) is 0 Å². The first-order valence-corrected chi connectivity index (χ1v) is 39.1. The van der Waals surface area contributed by atoms with Crippen molar-refractivity contribution in [2.24, 2.45) is 0 Å². The average Bonchev–Trinajstić information content (AvgIpc) is 0.785. The molecule has 102 heavy (non-hydrogen) atoms. The highest BCUT2D eigenvalue weighted by atomic mass is 16.7. The van der Waals surface area contributed by atoms with Crippen molar-refractivity contribution in [1.82, 2.24) is 4.90 Å². The summed E-state index contributed by atoms with van der Waals surface area (Å²) >= 11 is 0. The molecule has 11 atom stereocenters. The quantitative estimate of drug-likeness (QED) is 0.0265. The first-order chi connectivity index (χ1) is 50.3. The third kappa shape index (κ3) is 30.1. The Morgan fingerprint density at radius 2 is 0.598 bits per heavy atom. The van der Waals surface area contributed by atoms with Crippen LogP contribution in [0, 0.1) is 0 Å².